The van der Waals surface area contributed by atoms with E-state index in [-0.39, 0.29) is 17.9 Å². The Morgan fingerprint density at radius 1 is 1.44 bits per heavy atom. The van der Waals surface area contributed by atoms with Crippen LogP contribution in [0.15, 0.2) is 0 Å². The molecule has 0 bridgehead atoms. The third-order valence-electron chi connectivity index (χ3n) is 3.90. The molecule has 2 unspecified atom stereocenters. The topological polar surface area (TPSA) is 57.6 Å². The van der Waals surface area contributed by atoms with Crippen molar-refractivity contribution in [3.05, 3.63) is 0 Å². The molecule has 90 valence electrons. The minimum Gasteiger partial charge on any atom is -0.481 e. The highest BCUT2D eigenvalue weighted by Crippen LogP contribution is 2.34. The van der Waals surface area contributed by atoms with Crippen LogP contribution in [0.2, 0.25) is 0 Å². The van der Waals surface area contributed by atoms with E-state index in [0.29, 0.717) is 18.8 Å². The van der Waals surface area contributed by atoms with Crippen LogP contribution in [0.3, 0.4) is 0 Å². The quantitative estimate of drug-likeness (QED) is 0.774. The molecule has 0 aromatic rings. The zero-order valence-corrected chi connectivity index (χ0v) is 9.69. The molecule has 1 heterocycles. The van der Waals surface area contributed by atoms with Gasteiger partial charge in [-0.2, -0.15) is 0 Å². The van der Waals surface area contributed by atoms with E-state index < -0.39 is 5.97 Å². The standard InChI is InChI=1S/C12H19NO3/c1-8-4-5-10(9(7-8)12(15)16)13-6-2-3-11(13)14/h8-10H,2-7H2,1H3,(H,15,16)/t8?,9?,10-/m0/s1. The largest absolute Gasteiger partial charge is 0.481 e. The van der Waals surface area contributed by atoms with Crippen molar-refractivity contribution < 1.29 is 14.7 Å². The first kappa shape index (κ1) is 11.4. The van der Waals surface area contributed by atoms with Gasteiger partial charge < -0.3 is 10.0 Å². The van der Waals surface area contributed by atoms with Crippen molar-refractivity contribution in [2.24, 2.45) is 11.8 Å². The van der Waals surface area contributed by atoms with Gasteiger partial charge in [0, 0.05) is 19.0 Å². The summed E-state index contributed by atoms with van der Waals surface area (Å²) in [5.41, 5.74) is 0. The number of rotatable bonds is 2. The van der Waals surface area contributed by atoms with Gasteiger partial charge in [-0.25, -0.2) is 0 Å². The van der Waals surface area contributed by atoms with Crippen molar-refractivity contribution in [1.82, 2.24) is 4.90 Å². The van der Waals surface area contributed by atoms with Gasteiger partial charge in [0.05, 0.1) is 5.92 Å². The molecule has 16 heavy (non-hydrogen) atoms. The fraction of sp³-hybridized carbons (Fsp3) is 0.833. The van der Waals surface area contributed by atoms with Gasteiger partial charge in [-0.15, -0.1) is 0 Å². The molecule has 2 rings (SSSR count). The molecule has 1 aliphatic carbocycles. The Hall–Kier alpha value is -1.06. The summed E-state index contributed by atoms with van der Waals surface area (Å²) in [5, 5.41) is 9.24. The summed E-state index contributed by atoms with van der Waals surface area (Å²) in [6.07, 6.45) is 4.08. The van der Waals surface area contributed by atoms with Crippen LogP contribution in [0.5, 0.6) is 0 Å². The van der Waals surface area contributed by atoms with E-state index in [1.165, 1.54) is 0 Å². The summed E-state index contributed by atoms with van der Waals surface area (Å²) in [6, 6.07) is -0.0521. The number of carboxylic acids is 1. The van der Waals surface area contributed by atoms with Crippen LogP contribution in [0.25, 0.3) is 0 Å². The number of amides is 1. The lowest BCUT2D eigenvalue weighted by molar-refractivity contribution is -0.148. The molecule has 0 aromatic carbocycles. The van der Waals surface area contributed by atoms with E-state index in [9.17, 15) is 14.7 Å². The second-order valence-electron chi connectivity index (χ2n) is 5.12. The normalized spacial score (nSPS) is 35.4. The summed E-state index contributed by atoms with van der Waals surface area (Å²) in [7, 11) is 0. The van der Waals surface area contributed by atoms with Crippen LogP contribution in [-0.4, -0.2) is 34.5 Å². The predicted octanol–water partition coefficient (Wildman–Crippen LogP) is 1.50. The van der Waals surface area contributed by atoms with Gasteiger partial charge in [-0.3, -0.25) is 9.59 Å². The maximum atomic E-state index is 11.7. The Morgan fingerprint density at radius 2 is 2.19 bits per heavy atom. The number of nitrogens with zero attached hydrogens (tertiary/aromatic N) is 1. The number of carbonyl (C=O) groups excluding carboxylic acids is 1. The molecule has 4 heteroatoms. The van der Waals surface area contributed by atoms with Gasteiger partial charge in [-0.05, 0) is 31.6 Å². The molecule has 0 radical (unpaired) electrons. The molecular formula is C12H19NO3. The Balaban J connectivity index is 2.11. The van der Waals surface area contributed by atoms with Crippen LogP contribution in [0, 0.1) is 11.8 Å². The monoisotopic (exact) mass is 225 g/mol. The van der Waals surface area contributed by atoms with Crippen LogP contribution < -0.4 is 0 Å². The Kier molecular flexibility index (Phi) is 3.17. The average Bonchev–Trinajstić information content (AvgIpc) is 2.64. The van der Waals surface area contributed by atoms with Gasteiger partial charge in [0.1, 0.15) is 0 Å². The molecule has 2 aliphatic rings. The fourth-order valence-corrected chi connectivity index (χ4v) is 3.02. The molecule has 1 saturated carbocycles. The van der Waals surface area contributed by atoms with Crippen LogP contribution in [0.1, 0.15) is 39.0 Å². The van der Waals surface area contributed by atoms with Crippen LogP contribution >= 0.6 is 0 Å². The van der Waals surface area contributed by atoms with E-state index in [1.807, 2.05) is 4.90 Å². The SMILES string of the molecule is CC1CC[C@H](N2CCCC2=O)C(C(=O)O)C1. The van der Waals surface area contributed by atoms with E-state index in [4.69, 9.17) is 0 Å². The van der Waals surface area contributed by atoms with Gasteiger partial charge >= 0.3 is 5.97 Å². The van der Waals surface area contributed by atoms with Gasteiger partial charge in [-0.1, -0.05) is 6.92 Å². The molecule has 3 atom stereocenters. The highest BCUT2D eigenvalue weighted by molar-refractivity contribution is 5.80. The second kappa shape index (κ2) is 4.44. The summed E-state index contributed by atoms with van der Waals surface area (Å²) >= 11 is 0. The first-order valence-electron chi connectivity index (χ1n) is 6.12. The van der Waals surface area contributed by atoms with Crippen molar-refractivity contribution in [3.8, 4) is 0 Å². The first-order chi connectivity index (χ1) is 7.59. The summed E-state index contributed by atoms with van der Waals surface area (Å²) in [6.45, 7) is 2.85. The zero-order valence-electron chi connectivity index (χ0n) is 9.69. The molecule has 2 fully saturated rings. The highest BCUT2D eigenvalue weighted by Gasteiger charge is 2.40. The smallest absolute Gasteiger partial charge is 0.308 e. The highest BCUT2D eigenvalue weighted by atomic mass is 16.4. The number of carbonyl (C=O) groups is 2. The van der Waals surface area contributed by atoms with Gasteiger partial charge in [0.15, 0.2) is 0 Å². The Labute approximate surface area is 95.6 Å². The maximum absolute atomic E-state index is 11.7. The predicted molar refractivity (Wildman–Crippen MR) is 58.9 cm³/mol. The van der Waals surface area contributed by atoms with Crippen LogP contribution in [0.4, 0.5) is 0 Å². The van der Waals surface area contributed by atoms with Gasteiger partial charge in [0.2, 0.25) is 5.91 Å². The molecule has 4 nitrogen and oxygen atoms in total. The minimum atomic E-state index is -0.740. The van der Waals surface area contributed by atoms with Crippen LogP contribution in [-0.2, 0) is 9.59 Å². The van der Waals surface area contributed by atoms with Crippen molar-refractivity contribution >= 4 is 11.9 Å². The number of carboxylic acid groups (broad SMARTS) is 1. The summed E-state index contributed by atoms with van der Waals surface area (Å²) in [5.74, 6) is -0.483. The minimum absolute atomic E-state index is 0.0521. The van der Waals surface area contributed by atoms with E-state index in [2.05, 4.69) is 6.92 Å². The number of aliphatic carboxylic acids is 1. The van der Waals surface area contributed by atoms with E-state index in [0.717, 1.165) is 25.8 Å². The zero-order chi connectivity index (χ0) is 11.7. The third-order valence-corrected chi connectivity index (χ3v) is 3.90. The lowest BCUT2D eigenvalue weighted by Gasteiger charge is -2.38. The average molecular weight is 225 g/mol. The molecule has 1 amide bonds. The maximum Gasteiger partial charge on any atom is 0.308 e. The molecule has 1 N–H and O–H groups in total. The number of hydrogen-bond acceptors (Lipinski definition) is 2. The fourth-order valence-electron chi connectivity index (χ4n) is 3.02. The summed E-state index contributed by atoms with van der Waals surface area (Å²) in [4.78, 5) is 24.7. The lowest BCUT2D eigenvalue weighted by Crippen LogP contribution is -2.47. The Morgan fingerprint density at radius 3 is 2.75 bits per heavy atom. The van der Waals surface area contributed by atoms with Crippen molar-refractivity contribution in [3.63, 3.8) is 0 Å². The van der Waals surface area contributed by atoms with E-state index in [1.54, 1.807) is 0 Å². The molecule has 1 aliphatic heterocycles. The Bertz CT molecular complexity index is 303. The molecule has 0 aromatic heterocycles. The van der Waals surface area contributed by atoms with Crippen molar-refractivity contribution in [2.75, 3.05) is 6.54 Å². The number of hydrogen-bond donors (Lipinski definition) is 1. The number of likely N-dealkylation sites (tertiary alicyclic amines) is 1. The molecule has 0 spiro atoms. The molecular weight excluding hydrogens is 206 g/mol. The van der Waals surface area contributed by atoms with Crippen molar-refractivity contribution in [1.29, 1.82) is 0 Å². The van der Waals surface area contributed by atoms with Crippen molar-refractivity contribution in [2.45, 2.75) is 45.1 Å². The van der Waals surface area contributed by atoms with Gasteiger partial charge in [0.25, 0.3) is 0 Å². The third kappa shape index (κ3) is 2.06. The lowest BCUT2D eigenvalue weighted by atomic mass is 9.78. The second-order valence-corrected chi connectivity index (χ2v) is 5.12. The summed E-state index contributed by atoms with van der Waals surface area (Å²) < 4.78 is 0. The van der Waals surface area contributed by atoms with E-state index >= 15 is 0 Å². The molecule has 1 saturated heterocycles. The first-order valence-corrected chi connectivity index (χ1v) is 6.12.